The lowest BCUT2D eigenvalue weighted by atomic mass is 9.75. The molecule has 0 amide bonds. The summed E-state index contributed by atoms with van der Waals surface area (Å²) in [4.78, 5) is 2.49. The highest BCUT2D eigenvalue weighted by molar-refractivity contribution is 5.27. The Morgan fingerprint density at radius 2 is 2.00 bits per heavy atom. The molecule has 3 heteroatoms. The highest BCUT2D eigenvalue weighted by Gasteiger charge is 2.47. The molecule has 1 aromatic carbocycles. The lowest BCUT2D eigenvalue weighted by Crippen LogP contribution is -2.41. The quantitative estimate of drug-likeness (QED) is 0.932. The van der Waals surface area contributed by atoms with Gasteiger partial charge in [-0.1, -0.05) is 45.0 Å². The van der Waals surface area contributed by atoms with Crippen molar-refractivity contribution >= 4 is 0 Å². The fourth-order valence-corrected chi connectivity index (χ4v) is 3.90. The van der Waals surface area contributed by atoms with Crippen LogP contribution in [0.1, 0.15) is 38.3 Å². The summed E-state index contributed by atoms with van der Waals surface area (Å²) in [6.45, 7) is 11.7. The lowest BCUT2D eigenvalue weighted by Gasteiger charge is -2.36. The Balaban J connectivity index is 1.67. The van der Waals surface area contributed by atoms with Crippen LogP contribution in [0.3, 0.4) is 0 Å². The van der Waals surface area contributed by atoms with Crippen LogP contribution in [0.25, 0.3) is 0 Å². The minimum atomic E-state index is 0.0730. The monoisotopic (exact) mass is 303 g/mol. The molecule has 0 bridgehead atoms. The molecule has 0 aromatic heterocycles. The summed E-state index contributed by atoms with van der Waals surface area (Å²) in [7, 11) is 0. The molecule has 3 rings (SSSR count). The van der Waals surface area contributed by atoms with Crippen molar-refractivity contribution < 1.29 is 9.84 Å². The molecule has 0 aliphatic carbocycles. The first-order valence-electron chi connectivity index (χ1n) is 8.43. The number of aliphatic hydroxyl groups is 1. The number of ether oxygens (including phenoxy) is 1. The smallest absolute Gasteiger partial charge is 0.0513 e. The summed E-state index contributed by atoms with van der Waals surface area (Å²) in [6.07, 6.45) is 0.994. The lowest BCUT2D eigenvalue weighted by molar-refractivity contribution is -0.0417. The van der Waals surface area contributed by atoms with E-state index in [1.165, 1.54) is 11.1 Å². The van der Waals surface area contributed by atoms with Gasteiger partial charge in [0.05, 0.1) is 13.2 Å². The van der Waals surface area contributed by atoms with Gasteiger partial charge in [0.25, 0.3) is 0 Å². The molecule has 2 heterocycles. The van der Waals surface area contributed by atoms with Crippen LogP contribution in [0.2, 0.25) is 0 Å². The fourth-order valence-electron chi connectivity index (χ4n) is 3.90. The molecular weight excluding hydrogens is 274 g/mol. The summed E-state index contributed by atoms with van der Waals surface area (Å²) in [5.41, 5.74) is 3.02. The number of benzene rings is 1. The average molecular weight is 303 g/mol. The van der Waals surface area contributed by atoms with E-state index in [1.54, 1.807) is 0 Å². The summed E-state index contributed by atoms with van der Waals surface area (Å²) >= 11 is 0. The van der Waals surface area contributed by atoms with Crippen LogP contribution in [0.5, 0.6) is 0 Å². The molecule has 1 aromatic rings. The van der Waals surface area contributed by atoms with Crippen molar-refractivity contribution in [3.8, 4) is 0 Å². The molecular formula is C19H29NO2. The predicted molar refractivity (Wildman–Crippen MR) is 88.9 cm³/mol. The van der Waals surface area contributed by atoms with Gasteiger partial charge in [-0.05, 0) is 23.0 Å². The number of hydrogen-bond donors (Lipinski definition) is 1. The molecule has 2 aliphatic heterocycles. The zero-order valence-electron chi connectivity index (χ0n) is 14.1. The molecule has 122 valence electrons. The van der Waals surface area contributed by atoms with Crippen LogP contribution in [0, 0.1) is 11.3 Å². The third-order valence-electron chi connectivity index (χ3n) is 5.49. The van der Waals surface area contributed by atoms with Crippen molar-refractivity contribution in [1.29, 1.82) is 0 Å². The first-order chi connectivity index (χ1) is 10.4. The van der Waals surface area contributed by atoms with Gasteiger partial charge >= 0.3 is 0 Å². The molecule has 0 radical (unpaired) electrons. The number of nitrogens with zero attached hydrogens (tertiary/aromatic N) is 1. The minimum absolute atomic E-state index is 0.0730. The first-order valence-corrected chi connectivity index (χ1v) is 8.43. The van der Waals surface area contributed by atoms with E-state index >= 15 is 0 Å². The van der Waals surface area contributed by atoms with E-state index < -0.39 is 0 Å². The Bertz CT molecular complexity index is 505. The van der Waals surface area contributed by atoms with Crippen molar-refractivity contribution in [2.45, 2.75) is 39.2 Å². The maximum Gasteiger partial charge on any atom is 0.0513 e. The maximum atomic E-state index is 9.88. The number of fused-ring (bicyclic) bond motifs is 1. The van der Waals surface area contributed by atoms with Crippen molar-refractivity contribution in [2.75, 3.05) is 32.9 Å². The highest BCUT2D eigenvalue weighted by Crippen LogP contribution is 2.42. The van der Waals surface area contributed by atoms with Crippen molar-refractivity contribution in [3.63, 3.8) is 0 Å². The van der Waals surface area contributed by atoms with E-state index in [9.17, 15) is 5.11 Å². The van der Waals surface area contributed by atoms with Gasteiger partial charge in [0.15, 0.2) is 0 Å². The minimum Gasteiger partial charge on any atom is -0.396 e. The van der Waals surface area contributed by atoms with E-state index in [-0.39, 0.29) is 10.8 Å². The Morgan fingerprint density at radius 1 is 1.27 bits per heavy atom. The van der Waals surface area contributed by atoms with E-state index in [0.29, 0.717) is 12.5 Å². The van der Waals surface area contributed by atoms with Crippen LogP contribution in [0.4, 0.5) is 0 Å². The number of hydrogen-bond acceptors (Lipinski definition) is 3. The second-order valence-corrected chi connectivity index (χ2v) is 8.16. The maximum absolute atomic E-state index is 9.88. The Labute approximate surface area is 134 Å². The van der Waals surface area contributed by atoms with Crippen LogP contribution >= 0.6 is 0 Å². The van der Waals surface area contributed by atoms with Gasteiger partial charge in [-0.3, -0.25) is 4.90 Å². The topological polar surface area (TPSA) is 32.7 Å². The Hall–Kier alpha value is -0.900. The SMILES string of the molecule is CC(C)(C)c1ccc(CN2C[C@@H]3COCC[C@]3(CO)C2)cc1. The second-order valence-electron chi connectivity index (χ2n) is 8.16. The van der Waals surface area contributed by atoms with Crippen LogP contribution < -0.4 is 0 Å². The van der Waals surface area contributed by atoms with E-state index in [2.05, 4.69) is 49.9 Å². The van der Waals surface area contributed by atoms with Gasteiger partial charge in [-0.2, -0.15) is 0 Å². The van der Waals surface area contributed by atoms with E-state index in [1.807, 2.05) is 0 Å². The van der Waals surface area contributed by atoms with Gasteiger partial charge in [-0.15, -0.1) is 0 Å². The summed E-state index contributed by atoms with van der Waals surface area (Å²) < 4.78 is 5.62. The van der Waals surface area contributed by atoms with Crippen LogP contribution in [0.15, 0.2) is 24.3 Å². The Morgan fingerprint density at radius 3 is 2.59 bits per heavy atom. The first kappa shape index (κ1) is 16.0. The van der Waals surface area contributed by atoms with E-state index in [4.69, 9.17) is 4.74 Å². The molecule has 2 saturated heterocycles. The van der Waals surface area contributed by atoms with Gasteiger partial charge < -0.3 is 9.84 Å². The zero-order valence-corrected chi connectivity index (χ0v) is 14.1. The number of likely N-dealkylation sites (tertiary alicyclic amines) is 1. The average Bonchev–Trinajstić information content (AvgIpc) is 2.85. The fraction of sp³-hybridized carbons (Fsp3) is 0.684. The molecule has 22 heavy (non-hydrogen) atoms. The van der Waals surface area contributed by atoms with Gasteiger partial charge in [0.2, 0.25) is 0 Å². The van der Waals surface area contributed by atoms with Crippen LogP contribution in [-0.4, -0.2) is 42.9 Å². The summed E-state index contributed by atoms with van der Waals surface area (Å²) in [5, 5.41) is 9.88. The van der Waals surface area contributed by atoms with Gasteiger partial charge in [-0.25, -0.2) is 0 Å². The second kappa shape index (κ2) is 5.95. The standard InChI is InChI=1S/C19H29NO2/c1-18(2,3)16-6-4-15(5-7-16)10-20-11-17-12-22-9-8-19(17,13-20)14-21/h4-7,17,21H,8-14H2,1-3H3/t17-,19-/m1/s1. The normalized spacial score (nSPS) is 29.5. The zero-order chi connectivity index (χ0) is 15.8. The number of rotatable bonds is 3. The molecule has 2 aliphatic rings. The summed E-state index contributed by atoms with van der Waals surface area (Å²) in [6, 6.07) is 9.02. The summed E-state index contributed by atoms with van der Waals surface area (Å²) in [5.74, 6) is 0.486. The van der Waals surface area contributed by atoms with Gasteiger partial charge in [0.1, 0.15) is 0 Å². The molecule has 0 saturated carbocycles. The van der Waals surface area contributed by atoms with Gasteiger partial charge in [0, 0.05) is 37.6 Å². The highest BCUT2D eigenvalue weighted by atomic mass is 16.5. The third-order valence-corrected chi connectivity index (χ3v) is 5.49. The third kappa shape index (κ3) is 3.08. The molecule has 0 spiro atoms. The van der Waals surface area contributed by atoms with Crippen molar-refractivity contribution in [1.82, 2.24) is 4.90 Å². The molecule has 2 fully saturated rings. The van der Waals surface area contributed by atoms with Crippen molar-refractivity contribution in [2.24, 2.45) is 11.3 Å². The largest absolute Gasteiger partial charge is 0.396 e. The number of aliphatic hydroxyl groups excluding tert-OH is 1. The molecule has 2 atom stereocenters. The van der Waals surface area contributed by atoms with Crippen LogP contribution in [-0.2, 0) is 16.7 Å². The van der Waals surface area contributed by atoms with E-state index in [0.717, 1.165) is 39.3 Å². The Kier molecular flexibility index (Phi) is 4.32. The van der Waals surface area contributed by atoms with Crippen molar-refractivity contribution in [3.05, 3.63) is 35.4 Å². The molecule has 1 N–H and O–H groups in total. The molecule has 0 unspecified atom stereocenters. The predicted octanol–water partition coefficient (Wildman–Crippen LogP) is 2.81. The molecule has 3 nitrogen and oxygen atoms in total.